The molecule has 6 heteroatoms. The van der Waals surface area contributed by atoms with Gasteiger partial charge in [0, 0.05) is 18.6 Å². The molecule has 0 aliphatic rings. The molecule has 3 heterocycles. The van der Waals surface area contributed by atoms with E-state index in [0.29, 0.717) is 0 Å². The van der Waals surface area contributed by atoms with E-state index in [0.717, 1.165) is 14.9 Å². The van der Waals surface area contributed by atoms with E-state index >= 15 is 0 Å². The van der Waals surface area contributed by atoms with Crippen molar-refractivity contribution in [2.45, 2.75) is 0 Å². The fourth-order valence-electron chi connectivity index (χ4n) is 1.44. The van der Waals surface area contributed by atoms with Gasteiger partial charge in [0.2, 0.25) is 0 Å². The van der Waals surface area contributed by atoms with Crippen LogP contribution in [0.2, 0.25) is 0 Å². The molecule has 0 atom stereocenters. The van der Waals surface area contributed by atoms with Crippen LogP contribution in [-0.4, -0.2) is 24.4 Å². The SMILES string of the molecule is Ic1cnn(-c2nccn3nccc23)c1. The van der Waals surface area contributed by atoms with Crippen LogP contribution in [0.15, 0.2) is 37.1 Å². The third-order valence-electron chi connectivity index (χ3n) is 2.07. The minimum atomic E-state index is 0.790. The van der Waals surface area contributed by atoms with Crippen molar-refractivity contribution in [1.29, 1.82) is 0 Å². The first kappa shape index (κ1) is 8.84. The maximum Gasteiger partial charge on any atom is 0.179 e. The smallest absolute Gasteiger partial charge is 0.179 e. The number of hydrogen-bond acceptors (Lipinski definition) is 3. The Hall–Kier alpha value is -1.44. The molecule has 0 aromatic carbocycles. The molecule has 0 saturated carbocycles. The summed E-state index contributed by atoms with van der Waals surface area (Å²) in [7, 11) is 0. The second-order valence-electron chi connectivity index (χ2n) is 3.01. The Labute approximate surface area is 98.9 Å². The summed E-state index contributed by atoms with van der Waals surface area (Å²) in [5, 5.41) is 8.37. The summed E-state index contributed by atoms with van der Waals surface area (Å²) in [6.45, 7) is 0. The van der Waals surface area contributed by atoms with Crippen molar-refractivity contribution in [2.75, 3.05) is 0 Å². The van der Waals surface area contributed by atoms with Gasteiger partial charge in [0.05, 0.1) is 16.0 Å². The van der Waals surface area contributed by atoms with E-state index in [1.807, 2.05) is 18.5 Å². The van der Waals surface area contributed by atoms with Gasteiger partial charge in [0.1, 0.15) is 5.52 Å². The van der Waals surface area contributed by atoms with Gasteiger partial charge in [-0.15, -0.1) is 0 Å². The van der Waals surface area contributed by atoms with Crippen molar-refractivity contribution < 1.29 is 0 Å². The lowest BCUT2D eigenvalue weighted by Crippen LogP contribution is -2.01. The second kappa shape index (κ2) is 3.30. The fraction of sp³-hybridized carbons (Fsp3) is 0. The second-order valence-corrected chi connectivity index (χ2v) is 4.26. The maximum atomic E-state index is 4.30. The third-order valence-corrected chi connectivity index (χ3v) is 2.63. The summed E-state index contributed by atoms with van der Waals surface area (Å²) in [5.74, 6) is 0.790. The van der Waals surface area contributed by atoms with E-state index < -0.39 is 0 Å². The normalized spacial score (nSPS) is 11.0. The van der Waals surface area contributed by atoms with E-state index in [-0.39, 0.29) is 0 Å². The number of hydrogen-bond donors (Lipinski definition) is 0. The lowest BCUT2D eigenvalue weighted by Gasteiger charge is -2.01. The van der Waals surface area contributed by atoms with Gasteiger partial charge in [-0.25, -0.2) is 14.2 Å². The van der Waals surface area contributed by atoms with Crippen LogP contribution in [-0.2, 0) is 0 Å². The van der Waals surface area contributed by atoms with Crippen molar-refractivity contribution >= 4 is 28.1 Å². The molecule has 0 bridgehead atoms. The van der Waals surface area contributed by atoms with Crippen LogP contribution in [0.5, 0.6) is 0 Å². The minimum absolute atomic E-state index is 0.790. The van der Waals surface area contributed by atoms with Crippen molar-refractivity contribution in [1.82, 2.24) is 24.4 Å². The van der Waals surface area contributed by atoms with Crippen LogP contribution in [0.4, 0.5) is 0 Å². The number of nitrogens with zero attached hydrogens (tertiary/aromatic N) is 5. The standard InChI is InChI=1S/C9H6IN5/c10-7-5-13-15(6-7)9-8-1-2-12-14(8)4-3-11-9/h1-6H. The minimum Gasteiger partial charge on any atom is -0.236 e. The maximum absolute atomic E-state index is 4.30. The molecule has 3 aromatic heterocycles. The molecule has 0 aliphatic heterocycles. The average Bonchev–Trinajstić information content (AvgIpc) is 2.84. The monoisotopic (exact) mass is 311 g/mol. The van der Waals surface area contributed by atoms with E-state index in [1.165, 1.54) is 0 Å². The van der Waals surface area contributed by atoms with Gasteiger partial charge < -0.3 is 0 Å². The lowest BCUT2D eigenvalue weighted by molar-refractivity contribution is 0.832. The Morgan fingerprint density at radius 3 is 2.93 bits per heavy atom. The Morgan fingerprint density at radius 2 is 2.13 bits per heavy atom. The summed E-state index contributed by atoms with van der Waals surface area (Å²) < 4.78 is 4.60. The van der Waals surface area contributed by atoms with Gasteiger partial charge in [-0.05, 0) is 28.7 Å². The lowest BCUT2D eigenvalue weighted by atomic mass is 10.5. The molecule has 15 heavy (non-hydrogen) atoms. The Bertz CT molecular complexity index is 612. The fourth-order valence-corrected chi connectivity index (χ4v) is 1.82. The molecule has 0 amide bonds. The summed E-state index contributed by atoms with van der Waals surface area (Å²) in [6.07, 6.45) is 8.99. The molecule has 74 valence electrons. The van der Waals surface area contributed by atoms with Crippen LogP contribution in [0, 0.1) is 3.57 Å². The Balaban J connectivity index is 2.30. The van der Waals surface area contributed by atoms with Gasteiger partial charge in [0.25, 0.3) is 0 Å². The van der Waals surface area contributed by atoms with Crippen molar-refractivity contribution in [2.24, 2.45) is 0 Å². The van der Waals surface area contributed by atoms with Crippen LogP contribution in [0.3, 0.4) is 0 Å². The molecule has 0 radical (unpaired) electrons. The predicted molar refractivity (Wildman–Crippen MR) is 62.8 cm³/mol. The highest BCUT2D eigenvalue weighted by Crippen LogP contribution is 2.12. The van der Waals surface area contributed by atoms with Crippen LogP contribution >= 0.6 is 22.6 Å². The molecule has 5 nitrogen and oxygen atoms in total. The zero-order chi connectivity index (χ0) is 10.3. The predicted octanol–water partition coefficient (Wildman–Crippen LogP) is 1.52. The Morgan fingerprint density at radius 1 is 1.20 bits per heavy atom. The highest BCUT2D eigenvalue weighted by atomic mass is 127. The van der Waals surface area contributed by atoms with E-state index in [4.69, 9.17) is 0 Å². The van der Waals surface area contributed by atoms with Crippen LogP contribution in [0.1, 0.15) is 0 Å². The summed E-state index contributed by atoms with van der Waals surface area (Å²) in [6, 6.07) is 1.91. The summed E-state index contributed by atoms with van der Waals surface area (Å²) >= 11 is 2.22. The largest absolute Gasteiger partial charge is 0.236 e. The van der Waals surface area contributed by atoms with Gasteiger partial charge in [0.15, 0.2) is 5.82 Å². The summed E-state index contributed by atoms with van der Waals surface area (Å²) in [4.78, 5) is 4.30. The Kier molecular flexibility index (Phi) is 1.94. The van der Waals surface area contributed by atoms with Gasteiger partial charge in [-0.1, -0.05) is 0 Å². The van der Waals surface area contributed by atoms with Gasteiger partial charge >= 0.3 is 0 Å². The van der Waals surface area contributed by atoms with Crippen molar-refractivity contribution in [3.05, 3.63) is 40.6 Å². The molecule has 3 aromatic rings. The third kappa shape index (κ3) is 1.41. The number of rotatable bonds is 1. The number of aromatic nitrogens is 5. The van der Waals surface area contributed by atoms with Crippen LogP contribution in [0.25, 0.3) is 11.3 Å². The zero-order valence-electron chi connectivity index (χ0n) is 7.58. The van der Waals surface area contributed by atoms with Crippen molar-refractivity contribution in [3.63, 3.8) is 0 Å². The molecule has 0 unspecified atom stereocenters. The first-order valence-corrected chi connectivity index (χ1v) is 5.41. The first-order valence-electron chi connectivity index (χ1n) is 4.33. The van der Waals surface area contributed by atoms with Gasteiger partial charge in [-0.2, -0.15) is 10.2 Å². The molecule has 0 saturated heterocycles. The summed E-state index contributed by atoms with van der Waals surface area (Å²) in [5.41, 5.74) is 0.942. The molecule has 0 spiro atoms. The van der Waals surface area contributed by atoms with E-state index in [9.17, 15) is 0 Å². The van der Waals surface area contributed by atoms with E-state index in [2.05, 4.69) is 37.8 Å². The highest BCUT2D eigenvalue weighted by molar-refractivity contribution is 14.1. The highest BCUT2D eigenvalue weighted by Gasteiger charge is 2.05. The first-order chi connectivity index (χ1) is 7.34. The van der Waals surface area contributed by atoms with Crippen molar-refractivity contribution in [3.8, 4) is 5.82 Å². The molecule has 0 aliphatic carbocycles. The quantitative estimate of drug-likeness (QED) is 0.640. The zero-order valence-corrected chi connectivity index (χ0v) is 9.74. The van der Waals surface area contributed by atoms with E-state index in [1.54, 1.807) is 27.8 Å². The topological polar surface area (TPSA) is 48.0 Å². The van der Waals surface area contributed by atoms with Crippen LogP contribution < -0.4 is 0 Å². The molecule has 0 N–H and O–H groups in total. The van der Waals surface area contributed by atoms with Gasteiger partial charge in [-0.3, -0.25) is 0 Å². The molecule has 3 rings (SSSR count). The molecular weight excluding hydrogens is 305 g/mol. The number of fused-ring (bicyclic) bond motifs is 1. The molecule has 0 fully saturated rings. The number of halogens is 1. The average molecular weight is 311 g/mol. The molecular formula is C9H6IN5.